The molecule has 0 aliphatic rings. The number of carbonyl (C=O) groups excluding carboxylic acids is 1. The minimum atomic E-state index is -1.06. The predicted octanol–water partition coefficient (Wildman–Crippen LogP) is 1.76. The molecular weight excluding hydrogens is 258 g/mol. The lowest BCUT2D eigenvalue weighted by molar-refractivity contribution is 0.0695. The minimum Gasteiger partial charge on any atom is -0.478 e. The molecular formula is C14H13N3O3. The monoisotopic (exact) mass is 271 g/mol. The van der Waals surface area contributed by atoms with Gasteiger partial charge in [-0.05, 0) is 31.2 Å². The molecule has 1 amide bonds. The van der Waals surface area contributed by atoms with Crippen LogP contribution in [0.2, 0.25) is 0 Å². The van der Waals surface area contributed by atoms with Gasteiger partial charge in [-0.25, -0.2) is 9.78 Å². The van der Waals surface area contributed by atoms with Gasteiger partial charge < -0.3 is 10.0 Å². The summed E-state index contributed by atoms with van der Waals surface area (Å²) < 4.78 is 0. The van der Waals surface area contributed by atoms with Crippen LogP contribution in [0.4, 0.5) is 5.69 Å². The maximum Gasteiger partial charge on any atom is 0.337 e. The number of pyridine rings is 2. The zero-order chi connectivity index (χ0) is 14.7. The summed E-state index contributed by atoms with van der Waals surface area (Å²) in [6.07, 6.45) is 3.18. The zero-order valence-electron chi connectivity index (χ0n) is 11.1. The van der Waals surface area contributed by atoms with E-state index in [9.17, 15) is 9.59 Å². The molecule has 0 aromatic carbocycles. The van der Waals surface area contributed by atoms with Crippen molar-refractivity contribution in [2.24, 2.45) is 0 Å². The summed E-state index contributed by atoms with van der Waals surface area (Å²) in [5.74, 6) is -1.38. The Labute approximate surface area is 115 Å². The molecule has 2 aromatic heterocycles. The maximum absolute atomic E-state index is 12.3. The number of nitrogens with zero attached hydrogens (tertiary/aromatic N) is 3. The lowest BCUT2D eigenvalue weighted by Crippen LogP contribution is -2.27. The van der Waals surface area contributed by atoms with Crippen LogP contribution >= 0.6 is 0 Å². The fourth-order valence-corrected chi connectivity index (χ4v) is 1.75. The molecule has 2 rings (SSSR count). The minimum absolute atomic E-state index is 0.0885. The Kier molecular flexibility index (Phi) is 3.74. The van der Waals surface area contributed by atoms with Gasteiger partial charge in [-0.1, -0.05) is 0 Å². The first-order valence-corrected chi connectivity index (χ1v) is 5.89. The van der Waals surface area contributed by atoms with E-state index in [4.69, 9.17) is 5.11 Å². The standard InChI is InChI=1S/C14H13N3O3/c1-9-11(14(19)20)5-6-12(16-9)13(18)17(2)10-4-3-7-15-8-10/h3-8H,1-2H3,(H,19,20). The summed E-state index contributed by atoms with van der Waals surface area (Å²) in [5, 5.41) is 8.94. The first-order chi connectivity index (χ1) is 9.50. The molecule has 0 radical (unpaired) electrons. The molecule has 6 nitrogen and oxygen atoms in total. The van der Waals surface area contributed by atoms with Gasteiger partial charge in [0.15, 0.2) is 0 Å². The van der Waals surface area contributed by atoms with Crippen molar-refractivity contribution in [1.29, 1.82) is 0 Å². The molecule has 0 spiro atoms. The highest BCUT2D eigenvalue weighted by atomic mass is 16.4. The van der Waals surface area contributed by atoms with E-state index in [0.717, 1.165) is 0 Å². The van der Waals surface area contributed by atoms with Gasteiger partial charge in [0.05, 0.1) is 23.1 Å². The van der Waals surface area contributed by atoms with E-state index in [0.29, 0.717) is 11.4 Å². The predicted molar refractivity (Wildman–Crippen MR) is 72.9 cm³/mol. The number of hydrogen-bond acceptors (Lipinski definition) is 4. The number of amides is 1. The van der Waals surface area contributed by atoms with E-state index in [1.807, 2.05) is 0 Å². The van der Waals surface area contributed by atoms with Crippen molar-refractivity contribution in [1.82, 2.24) is 9.97 Å². The Bertz CT molecular complexity index is 656. The molecule has 6 heteroatoms. The number of rotatable bonds is 3. The second kappa shape index (κ2) is 5.48. The molecule has 2 aromatic rings. The van der Waals surface area contributed by atoms with Crippen LogP contribution in [-0.4, -0.2) is 34.0 Å². The second-order valence-electron chi connectivity index (χ2n) is 4.21. The second-order valence-corrected chi connectivity index (χ2v) is 4.21. The summed E-state index contributed by atoms with van der Waals surface area (Å²) in [6.45, 7) is 1.56. The van der Waals surface area contributed by atoms with Crippen LogP contribution in [0, 0.1) is 6.92 Å². The summed E-state index contributed by atoms with van der Waals surface area (Å²) in [5.41, 5.74) is 1.23. The largest absolute Gasteiger partial charge is 0.478 e. The van der Waals surface area contributed by atoms with E-state index in [2.05, 4.69) is 9.97 Å². The number of hydrogen-bond donors (Lipinski definition) is 1. The number of carboxylic acid groups (broad SMARTS) is 1. The number of aromatic carboxylic acids is 1. The van der Waals surface area contributed by atoms with Gasteiger partial charge in [0.25, 0.3) is 5.91 Å². The average molecular weight is 271 g/mol. The Hall–Kier alpha value is -2.76. The molecule has 0 saturated heterocycles. The third-order valence-electron chi connectivity index (χ3n) is 2.87. The van der Waals surface area contributed by atoms with E-state index in [1.165, 1.54) is 17.0 Å². The van der Waals surface area contributed by atoms with Crippen LogP contribution < -0.4 is 4.90 Å². The highest BCUT2D eigenvalue weighted by molar-refractivity contribution is 6.04. The highest BCUT2D eigenvalue weighted by Crippen LogP contribution is 2.14. The average Bonchev–Trinajstić information content (AvgIpc) is 2.46. The normalized spacial score (nSPS) is 10.1. The molecule has 102 valence electrons. The van der Waals surface area contributed by atoms with Gasteiger partial charge in [-0.3, -0.25) is 9.78 Å². The topological polar surface area (TPSA) is 83.4 Å². The van der Waals surface area contributed by atoms with E-state index >= 15 is 0 Å². The van der Waals surface area contributed by atoms with Gasteiger partial charge in [-0.15, -0.1) is 0 Å². The molecule has 0 saturated carbocycles. The smallest absolute Gasteiger partial charge is 0.337 e. The molecule has 2 heterocycles. The molecule has 0 aliphatic carbocycles. The molecule has 0 fully saturated rings. The number of carbonyl (C=O) groups is 2. The van der Waals surface area contributed by atoms with Crippen LogP contribution in [0.25, 0.3) is 0 Å². The van der Waals surface area contributed by atoms with E-state index in [-0.39, 0.29) is 17.2 Å². The van der Waals surface area contributed by atoms with Crippen molar-refractivity contribution in [3.05, 3.63) is 53.6 Å². The highest BCUT2D eigenvalue weighted by Gasteiger charge is 2.17. The van der Waals surface area contributed by atoms with Crippen LogP contribution in [0.5, 0.6) is 0 Å². The molecule has 0 atom stereocenters. The fraction of sp³-hybridized carbons (Fsp3) is 0.143. The number of carboxylic acids is 1. The van der Waals surface area contributed by atoms with Crippen LogP contribution in [0.1, 0.15) is 26.5 Å². The van der Waals surface area contributed by atoms with Crippen molar-refractivity contribution in [2.75, 3.05) is 11.9 Å². The summed E-state index contributed by atoms with van der Waals surface area (Å²) >= 11 is 0. The Morgan fingerprint density at radius 2 is 2.00 bits per heavy atom. The van der Waals surface area contributed by atoms with Crippen LogP contribution in [0.15, 0.2) is 36.7 Å². The summed E-state index contributed by atoms with van der Waals surface area (Å²) in [6, 6.07) is 6.27. The van der Waals surface area contributed by atoms with Crippen LogP contribution in [0.3, 0.4) is 0 Å². The molecule has 0 unspecified atom stereocenters. The van der Waals surface area contributed by atoms with Gasteiger partial charge >= 0.3 is 5.97 Å². The third kappa shape index (κ3) is 2.64. The van der Waals surface area contributed by atoms with Crippen LogP contribution in [-0.2, 0) is 0 Å². The van der Waals surface area contributed by atoms with Crippen molar-refractivity contribution in [3.8, 4) is 0 Å². The Balaban J connectivity index is 2.30. The first kappa shape index (κ1) is 13.7. The molecule has 0 aliphatic heterocycles. The molecule has 1 N–H and O–H groups in total. The summed E-state index contributed by atoms with van der Waals surface area (Å²) in [4.78, 5) is 32.6. The lowest BCUT2D eigenvalue weighted by Gasteiger charge is -2.16. The zero-order valence-corrected chi connectivity index (χ0v) is 11.1. The molecule has 20 heavy (non-hydrogen) atoms. The third-order valence-corrected chi connectivity index (χ3v) is 2.87. The Morgan fingerprint density at radius 1 is 1.25 bits per heavy atom. The number of anilines is 1. The maximum atomic E-state index is 12.3. The van der Waals surface area contributed by atoms with E-state index < -0.39 is 5.97 Å². The van der Waals surface area contributed by atoms with Crippen molar-refractivity contribution >= 4 is 17.6 Å². The van der Waals surface area contributed by atoms with Crippen molar-refractivity contribution in [2.45, 2.75) is 6.92 Å². The van der Waals surface area contributed by atoms with Gasteiger partial charge in [0.1, 0.15) is 5.69 Å². The number of aromatic nitrogens is 2. The Morgan fingerprint density at radius 3 is 2.55 bits per heavy atom. The van der Waals surface area contributed by atoms with Gasteiger partial charge in [0, 0.05) is 13.2 Å². The lowest BCUT2D eigenvalue weighted by atomic mass is 10.2. The summed E-state index contributed by atoms with van der Waals surface area (Å²) in [7, 11) is 1.61. The van der Waals surface area contributed by atoms with E-state index in [1.54, 1.807) is 38.5 Å². The van der Waals surface area contributed by atoms with Gasteiger partial charge in [-0.2, -0.15) is 0 Å². The van der Waals surface area contributed by atoms with Crippen molar-refractivity contribution in [3.63, 3.8) is 0 Å². The molecule has 0 bridgehead atoms. The SMILES string of the molecule is Cc1nc(C(=O)N(C)c2cccnc2)ccc1C(=O)O. The number of aryl methyl sites for hydroxylation is 1. The van der Waals surface area contributed by atoms with Gasteiger partial charge in [0.2, 0.25) is 0 Å². The fourth-order valence-electron chi connectivity index (χ4n) is 1.75. The first-order valence-electron chi connectivity index (χ1n) is 5.89. The quantitative estimate of drug-likeness (QED) is 0.919. The van der Waals surface area contributed by atoms with Crippen molar-refractivity contribution < 1.29 is 14.7 Å².